The van der Waals surface area contributed by atoms with Gasteiger partial charge in [0.2, 0.25) is 0 Å². The minimum Gasteiger partial charge on any atom is -0.347 e. The van der Waals surface area contributed by atoms with Crippen LogP contribution in [0.3, 0.4) is 0 Å². The van der Waals surface area contributed by atoms with Gasteiger partial charge in [-0.15, -0.1) is 11.8 Å². The van der Waals surface area contributed by atoms with Gasteiger partial charge in [-0.05, 0) is 29.8 Å². The highest BCUT2D eigenvalue weighted by atomic mass is 32.2. The molecule has 0 aliphatic carbocycles. The summed E-state index contributed by atoms with van der Waals surface area (Å²) in [4.78, 5) is 13.8. The summed E-state index contributed by atoms with van der Waals surface area (Å²) in [6.45, 7) is 1.23. The number of rotatable bonds is 3. The van der Waals surface area contributed by atoms with Gasteiger partial charge in [0.05, 0.1) is 5.52 Å². The van der Waals surface area contributed by atoms with Gasteiger partial charge in [0.1, 0.15) is 11.5 Å². The molecule has 23 heavy (non-hydrogen) atoms. The summed E-state index contributed by atoms with van der Waals surface area (Å²) in [5.41, 5.74) is 2.72. The lowest BCUT2D eigenvalue weighted by atomic mass is 10.2. The molecule has 0 fully saturated rings. The fraction of sp³-hybridized carbons (Fsp3) is 0.167. The highest BCUT2D eigenvalue weighted by molar-refractivity contribution is 7.99. The lowest BCUT2D eigenvalue weighted by molar-refractivity contribution is 0.0942. The number of hydrogen-bond donors (Lipinski definition) is 1. The predicted octanol–water partition coefficient (Wildman–Crippen LogP) is 3.82. The van der Waals surface area contributed by atoms with Crippen LogP contribution in [0, 0.1) is 5.82 Å². The molecule has 0 unspecified atom stereocenters. The maximum absolute atomic E-state index is 12.9. The number of hydrogen-bond acceptors (Lipinski definition) is 2. The number of carbonyl (C=O) groups is 1. The molecule has 0 saturated heterocycles. The summed E-state index contributed by atoms with van der Waals surface area (Å²) >= 11 is 1.83. The largest absolute Gasteiger partial charge is 0.347 e. The van der Waals surface area contributed by atoms with Crippen LogP contribution in [0.25, 0.3) is 10.9 Å². The number of halogens is 1. The third-order valence-corrected chi connectivity index (χ3v) is 5.08. The Morgan fingerprint density at radius 2 is 2.04 bits per heavy atom. The Kier molecular flexibility index (Phi) is 3.58. The smallest absolute Gasteiger partial charge is 0.268 e. The van der Waals surface area contributed by atoms with Crippen molar-refractivity contribution in [2.24, 2.45) is 0 Å². The maximum Gasteiger partial charge on any atom is 0.268 e. The molecule has 3 aromatic rings. The van der Waals surface area contributed by atoms with E-state index in [0.29, 0.717) is 12.2 Å². The molecule has 1 aliphatic rings. The third kappa shape index (κ3) is 2.61. The molecule has 2 heterocycles. The van der Waals surface area contributed by atoms with Crippen molar-refractivity contribution in [2.45, 2.75) is 18.0 Å². The molecule has 0 bridgehead atoms. The number of nitrogens with one attached hydrogen (secondary N) is 1. The molecule has 1 amide bonds. The molecule has 0 saturated carbocycles. The Morgan fingerprint density at radius 1 is 1.22 bits per heavy atom. The molecular formula is C18H15FN2OS. The molecule has 0 radical (unpaired) electrons. The van der Waals surface area contributed by atoms with Gasteiger partial charge in [-0.1, -0.05) is 24.3 Å². The second-order valence-corrected chi connectivity index (χ2v) is 6.67. The van der Waals surface area contributed by atoms with Crippen molar-refractivity contribution in [1.29, 1.82) is 0 Å². The van der Waals surface area contributed by atoms with Crippen LogP contribution >= 0.6 is 11.8 Å². The quantitative estimate of drug-likeness (QED) is 0.794. The highest BCUT2D eigenvalue weighted by Gasteiger charge is 2.20. The summed E-state index contributed by atoms with van der Waals surface area (Å²) in [7, 11) is 0. The molecule has 2 aromatic carbocycles. The predicted molar refractivity (Wildman–Crippen MR) is 90.2 cm³/mol. The summed E-state index contributed by atoms with van der Waals surface area (Å²) in [5.74, 6) is 0.606. The molecular weight excluding hydrogens is 311 g/mol. The Morgan fingerprint density at radius 3 is 2.87 bits per heavy atom. The molecule has 1 aliphatic heterocycles. The van der Waals surface area contributed by atoms with Crippen LogP contribution in [0.1, 0.15) is 16.1 Å². The van der Waals surface area contributed by atoms with Crippen molar-refractivity contribution < 1.29 is 9.18 Å². The van der Waals surface area contributed by atoms with E-state index >= 15 is 0 Å². The van der Waals surface area contributed by atoms with Crippen molar-refractivity contribution in [2.75, 3.05) is 5.75 Å². The minimum atomic E-state index is -0.271. The number of carbonyl (C=O) groups excluding carboxylic acids is 1. The molecule has 3 nitrogen and oxygen atoms in total. The zero-order valence-electron chi connectivity index (χ0n) is 12.4. The number of benzene rings is 2. The summed E-state index contributed by atoms with van der Waals surface area (Å²) in [5, 5.41) is 4.02. The number of para-hydroxylation sites is 1. The van der Waals surface area contributed by atoms with Crippen LogP contribution in [0.4, 0.5) is 4.39 Å². The van der Waals surface area contributed by atoms with Crippen LogP contribution in [0.2, 0.25) is 0 Å². The topological polar surface area (TPSA) is 34.0 Å². The van der Waals surface area contributed by atoms with Crippen LogP contribution in [0.15, 0.2) is 53.4 Å². The van der Waals surface area contributed by atoms with E-state index in [1.165, 1.54) is 17.0 Å². The first-order chi connectivity index (χ1) is 11.2. The molecule has 4 rings (SSSR count). The van der Waals surface area contributed by atoms with E-state index in [2.05, 4.69) is 16.0 Å². The maximum atomic E-state index is 12.9. The van der Waals surface area contributed by atoms with E-state index in [4.69, 9.17) is 0 Å². The number of nitrogens with zero attached hydrogens (tertiary/aromatic N) is 1. The Bertz CT molecular complexity index is 886. The van der Waals surface area contributed by atoms with Gasteiger partial charge < -0.3 is 9.88 Å². The van der Waals surface area contributed by atoms with E-state index in [0.717, 1.165) is 28.8 Å². The standard InChI is InChI=1S/C18H15FN2OS/c19-14-6-4-12(5-7-14)11-20-18(22)15-10-13-2-1-3-16-17(13)21(15)8-9-23-16/h1-7,10H,8-9,11H2,(H,20,22). The lowest BCUT2D eigenvalue weighted by Gasteiger charge is -2.17. The van der Waals surface area contributed by atoms with Crippen molar-refractivity contribution in [3.05, 3.63) is 65.6 Å². The summed E-state index contributed by atoms with van der Waals surface area (Å²) in [6, 6.07) is 14.3. The third-order valence-electron chi connectivity index (χ3n) is 4.05. The Balaban J connectivity index is 1.60. The number of thioether (sulfide) groups is 1. The molecule has 0 atom stereocenters. The average Bonchev–Trinajstić information content (AvgIpc) is 2.96. The van der Waals surface area contributed by atoms with Gasteiger partial charge in [0.25, 0.3) is 5.91 Å². The summed E-state index contributed by atoms with van der Waals surface area (Å²) in [6.07, 6.45) is 0. The van der Waals surface area contributed by atoms with E-state index in [1.807, 2.05) is 30.0 Å². The van der Waals surface area contributed by atoms with Gasteiger partial charge in [-0.25, -0.2) is 4.39 Å². The van der Waals surface area contributed by atoms with Gasteiger partial charge in [0.15, 0.2) is 0 Å². The van der Waals surface area contributed by atoms with E-state index in [-0.39, 0.29) is 11.7 Å². The number of aromatic nitrogens is 1. The van der Waals surface area contributed by atoms with Crippen molar-refractivity contribution in [1.82, 2.24) is 9.88 Å². The molecule has 5 heteroatoms. The molecule has 116 valence electrons. The Hall–Kier alpha value is -2.27. The fourth-order valence-electron chi connectivity index (χ4n) is 2.95. The van der Waals surface area contributed by atoms with Crippen molar-refractivity contribution in [3.63, 3.8) is 0 Å². The van der Waals surface area contributed by atoms with Crippen LogP contribution in [-0.2, 0) is 13.1 Å². The van der Waals surface area contributed by atoms with Crippen molar-refractivity contribution in [3.8, 4) is 0 Å². The van der Waals surface area contributed by atoms with Crippen LogP contribution in [0.5, 0.6) is 0 Å². The minimum absolute atomic E-state index is 0.0941. The van der Waals surface area contributed by atoms with E-state index in [9.17, 15) is 9.18 Å². The SMILES string of the molecule is O=C(NCc1ccc(F)cc1)c1cc2cccc3c2n1CCS3. The van der Waals surface area contributed by atoms with E-state index < -0.39 is 0 Å². The van der Waals surface area contributed by atoms with Crippen LogP contribution in [-0.4, -0.2) is 16.2 Å². The van der Waals surface area contributed by atoms with Crippen molar-refractivity contribution >= 4 is 28.6 Å². The zero-order chi connectivity index (χ0) is 15.8. The second kappa shape index (κ2) is 5.74. The van der Waals surface area contributed by atoms with Gasteiger partial charge in [0, 0.05) is 29.1 Å². The number of amides is 1. The number of aryl methyl sites for hydroxylation is 1. The Labute approximate surface area is 137 Å². The zero-order valence-corrected chi connectivity index (χ0v) is 13.2. The molecule has 0 spiro atoms. The lowest BCUT2D eigenvalue weighted by Crippen LogP contribution is -2.26. The van der Waals surface area contributed by atoms with Crippen LogP contribution < -0.4 is 5.32 Å². The normalized spacial score (nSPS) is 13.3. The van der Waals surface area contributed by atoms with Gasteiger partial charge in [-0.3, -0.25) is 4.79 Å². The van der Waals surface area contributed by atoms with Gasteiger partial charge in [-0.2, -0.15) is 0 Å². The van der Waals surface area contributed by atoms with E-state index in [1.54, 1.807) is 12.1 Å². The fourth-order valence-corrected chi connectivity index (χ4v) is 3.98. The first-order valence-electron chi connectivity index (χ1n) is 7.50. The average molecular weight is 326 g/mol. The highest BCUT2D eigenvalue weighted by Crippen LogP contribution is 2.34. The molecule has 1 N–H and O–H groups in total. The second-order valence-electron chi connectivity index (χ2n) is 5.53. The molecule has 1 aromatic heterocycles. The van der Waals surface area contributed by atoms with Gasteiger partial charge >= 0.3 is 0 Å². The summed E-state index contributed by atoms with van der Waals surface area (Å²) < 4.78 is 15.0. The first-order valence-corrected chi connectivity index (χ1v) is 8.48. The monoisotopic (exact) mass is 326 g/mol. The first kappa shape index (κ1) is 14.3.